The number of hydrogen-bond acceptors (Lipinski definition) is 7. The molecule has 0 N–H and O–H groups in total. The summed E-state index contributed by atoms with van der Waals surface area (Å²) in [7, 11) is -2.03. The van der Waals surface area contributed by atoms with Gasteiger partial charge in [-0.25, -0.2) is 8.42 Å². The van der Waals surface area contributed by atoms with E-state index in [-0.39, 0.29) is 10.8 Å². The molecule has 9 nitrogen and oxygen atoms in total. The van der Waals surface area contributed by atoms with Crippen LogP contribution in [0.25, 0.3) is 0 Å². The number of hydrogen-bond donors (Lipinski definition) is 0. The number of ether oxygens (including phenoxy) is 3. The number of anilines is 1. The molecule has 10 heteroatoms. The molecule has 0 spiro atoms. The maximum atomic E-state index is 13.5. The van der Waals surface area contributed by atoms with E-state index >= 15 is 0 Å². The van der Waals surface area contributed by atoms with E-state index in [1.54, 1.807) is 24.1 Å². The van der Waals surface area contributed by atoms with Crippen LogP contribution in [0.4, 0.5) is 5.69 Å². The molecule has 2 heterocycles. The highest BCUT2D eigenvalue weighted by Gasteiger charge is 2.29. The number of para-hydroxylation sites is 1. The molecule has 1 amide bonds. The molecule has 2 aromatic carbocycles. The third-order valence-electron chi connectivity index (χ3n) is 5.94. The minimum Gasteiger partial charge on any atom is -0.492 e. The van der Waals surface area contributed by atoms with E-state index in [0.29, 0.717) is 77.0 Å². The molecule has 34 heavy (non-hydrogen) atoms. The van der Waals surface area contributed by atoms with Gasteiger partial charge < -0.3 is 24.0 Å². The lowest BCUT2D eigenvalue weighted by Gasteiger charge is -2.32. The summed E-state index contributed by atoms with van der Waals surface area (Å²) < 4.78 is 44.4. The van der Waals surface area contributed by atoms with E-state index < -0.39 is 10.0 Å². The number of rotatable bonds is 8. The van der Waals surface area contributed by atoms with Crippen LogP contribution in [0.15, 0.2) is 53.4 Å². The molecular weight excluding hydrogens is 458 g/mol. The van der Waals surface area contributed by atoms with Crippen LogP contribution in [0, 0.1) is 0 Å². The van der Waals surface area contributed by atoms with Crippen molar-refractivity contribution >= 4 is 21.6 Å². The van der Waals surface area contributed by atoms with Crippen LogP contribution in [0.5, 0.6) is 5.75 Å². The van der Waals surface area contributed by atoms with Crippen LogP contribution in [0.2, 0.25) is 0 Å². The number of amides is 1. The zero-order valence-corrected chi connectivity index (χ0v) is 20.2. The number of morpholine rings is 2. The largest absolute Gasteiger partial charge is 0.492 e. The Morgan fingerprint density at radius 1 is 0.971 bits per heavy atom. The standard InChI is InChI=1S/C24H31N3O6S/c1-25(9-18-33-20-5-3-2-4-6-20)24(28)22-19-21(34(29,30)27-12-16-32-17-13-27)7-8-23(22)26-10-14-31-15-11-26/h2-8,19H,9-18H2,1H3. The molecule has 0 radical (unpaired) electrons. The second-order valence-electron chi connectivity index (χ2n) is 8.18. The fourth-order valence-corrected chi connectivity index (χ4v) is 5.42. The van der Waals surface area contributed by atoms with Gasteiger partial charge in [-0.2, -0.15) is 4.31 Å². The van der Waals surface area contributed by atoms with E-state index in [4.69, 9.17) is 14.2 Å². The molecule has 0 aliphatic carbocycles. The van der Waals surface area contributed by atoms with Gasteiger partial charge in [0.25, 0.3) is 5.91 Å². The van der Waals surface area contributed by atoms with Gasteiger partial charge in [0, 0.05) is 38.9 Å². The zero-order chi connectivity index (χ0) is 24.0. The van der Waals surface area contributed by atoms with Crippen molar-refractivity contribution in [2.45, 2.75) is 4.90 Å². The van der Waals surface area contributed by atoms with E-state index in [1.165, 1.54) is 10.4 Å². The van der Waals surface area contributed by atoms with Crippen LogP contribution in [-0.2, 0) is 19.5 Å². The van der Waals surface area contributed by atoms with Crippen LogP contribution in [-0.4, -0.2) is 96.3 Å². The molecule has 0 bridgehead atoms. The number of sulfonamides is 1. The molecule has 0 aromatic heterocycles. The molecule has 2 aliphatic heterocycles. The van der Waals surface area contributed by atoms with Gasteiger partial charge in [-0.3, -0.25) is 4.79 Å². The second-order valence-corrected chi connectivity index (χ2v) is 10.1. The highest BCUT2D eigenvalue weighted by Crippen LogP contribution is 2.28. The van der Waals surface area contributed by atoms with Gasteiger partial charge >= 0.3 is 0 Å². The lowest BCUT2D eigenvalue weighted by atomic mass is 10.1. The third kappa shape index (κ3) is 5.69. The van der Waals surface area contributed by atoms with Gasteiger partial charge in [-0.15, -0.1) is 0 Å². The Hall–Kier alpha value is -2.66. The topological polar surface area (TPSA) is 88.6 Å². The Kier molecular flexibility index (Phi) is 8.04. The maximum Gasteiger partial charge on any atom is 0.255 e. The third-order valence-corrected chi connectivity index (χ3v) is 7.84. The molecule has 2 aliphatic rings. The summed E-state index contributed by atoms with van der Waals surface area (Å²) in [6, 6.07) is 14.2. The first-order valence-corrected chi connectivity index (χ1v) is 12.9. The van der Waals surface area contributed by atoms with Crippen LogP contribution >= 0.6 is 0 Å². The second kappa shape index (κ2) is 11.2. The summed E-state index contributed by atoms with van der Waals surface area (Å²) in [4.78, 5) is 17.2. The fraction of sp³-hybridized carbons (Fsp3) is 0.458. The Morgan fingerprint density at radius 2 is 1.62 bits per heavy atom. The normalized spacial score (nSPS) is 17.4. The van der Waals surface area contributed by atoms with Gasteiger partial charge in [0.1, 0.15) is 12.4 Å². The summed E-state index contributed by atoms with van der Waals surface area (Å²) in [6.45, 7) is 4.39. The van der Waals surface area contributed by atoms with E-state index in [0.717, 1.165) is 5.75 Å². The predicted octanol–water partition coefficient (Wildman–Crippen LogP) is 1.70. The molecule has 2 fully saturated rings. The van der Waals surface area contributed by atoms with E-state index in [9.17, 15) is 13.2 Å². The first-order chi connectivity index (χ1) is 16.5. The van der Waals surface area contributed by atoms with Gasteiger partial charge in [0.15, 0.2) is 0 Å². The monoisotopic (exact) mass is 489 g/mol. The summed E-state index contributed by atoms with van der Waals surface area (Å²) in [5.41, 5.74) is 1.07. The minimum atomic E-state index is -3.73. The summed E-state index contributed by atoms with van der Waals surface area (Å²) in [5.74, 6) is 0.480. The molecule has 184 valence electrons. The summed E-state index contributed by atoms with van der Waals surface area (Å²) in [6.07, 6.45) is 0. The van der Waals surface area contributed by atoms with Crippen molar-refractivity contribution in [2.24, 2.45) is 0 Å². The molecule has 2 saturated heterocycles. The molecule has 2 aromatic rings. The highest BCUT2D eigenvalue weighted by molar-refractivity contribution is 7.89. The smallest absolute Gasteiger partial charge is 0.255 e. The molecule has 0 atom stereocenters. The lowest BCUT2D eigenvalue weighted by Crippen LogP contribution is -2.41. The Bertz CT molecular complexity index is 1070. The highest BCUT2D eigenvalue weighted by atomic mass is 32.2. The number of likely N-dealkylation sites (N-methyl/N-ethyl adjacent to an activating group) is 1. The average Bonchev–Trinajstić information content (AvgIpc) is 2.89. The molecule has 4 rings (SSSR count). The van der Waals surface area contributed by atoms with Crippen molar-refractivity contribution in [1.29, 1.82) is 0 Å². The fourth-order valence-electron chi connectivity index (χ4n) is 3.99. The van der Waals surface area contributed by atoms with Crippen LogP contribution < -0.4 is 9.64 Å². The number of carbonyl (C=O) groups is 1. The van der Waals surface area contributed by atoms with E-state index in [1.807, 2.05) is 30.3 Å². The first-order valence-electron chi connectivity index (χ1n) is 11.4. The Labute approximate surface area is 200 Å². The van der Waals surface area contributed by atoms with Crippen molar-refractivity contribution in [1.82, 2.24) is 9.21 Å². The van der Waals surface area contributed by atoms with Gasteiger partial charge in [-0.1, -0.05) is 18.2 Å². The lowest BCUT2D eigenvalue weighted by molar-refractivity contribution is 0.0730. The Morgan fingerprint density at radius 3 is 2.29 bits per heavy atom. The predicted molar refractivity (Wildman–Crippen MR) is 128 cm³/mol. The van der Waals surface area contributed by atoms with Crippen LogP contribution in [0.1, 0.15) is 10.4 Å². The average molecular weight is 490 g/mol. The van der Waals surface area contributed by atoms with Crippen molar-refractivity contribution in [3.8, 4) is 5.75 Å². The van der Waals surface area contributed by atoms with Gasteiger partial charge in [0.2, 0.25) is 10.0 Å². The minimum absolute atomic E-state index is 0.115. The van der Waals surface area contributed by atoms with E-state index in [2.05, 4.69) is 4.90 Å². The van der Waals surface area contributed by atoms with Crippen molar-refractivity contribution in [3.05, 3.63) is 54.1 Å². The van der Waals surface area contributed by atoms with Gasteiger partial charge in [-0.05, 0) is 30.3 Å². The number of carbonyl (C=O) groups excluding carboxylic acids is 1. The van der Waals surface area contributed by atoms with Crippen molar-refractivity contribution in [2.75, 3.05) is 77.7 Å². The quantitative estimate of drug-likeness (QED) is 0.558. The van der Waals surface area contributed by atoms with Crippen molar-refractivity contribution < 1.29 is 27.4 Å². The number of benzene rings is 2. The molecular formula is C24H31N3O6S. The zero-order valence-electron chi connectivity index (χ0n) is 19.4. The van der Waals surface area contributed by atoms with Crippen molar-refractivity contribution in [3.63, 3.8) is 0 Å². The van der Waals surface area contributed by atoms with Gasteiger partial charge in [0.05, 0.1) is 43.4 Å². The molecule has 0 saturated carbocycles. The number of nitrogens with zero attached hydrogens (tertiary/aromatic N) is 3. The molecule has 0 unspecified atom stereocenters. The summed E-state index contributed by atoms with van der Waals surface area (Å²) in [5, 5.41) is 0. The first kappa shape index (κ1) is 24.5. The van der Waals surface area contributed by atoms with Crippen LogP contribution in [0.3, 0.4) is 0 Å². The summed E-state index contributed by atoms with van der Waals surface area (Å²) >= 11 is 0. The Balaban J connectivity index is 1.56. The maximum absolute atomic E-state index is 13.5. The SMILES string of the molecule is CN(CCOc1ccccc1)C(=O)c1cc(S(=O)(=O)N2CCOCC2)ccc1N1CCOCC1.